The molecule has 3 unspecified atom stereocenters. The first-order chi connectivity index (χ1) is 8.18. The number of ether oxygens (including phenoxy) is 1. The van der Waals surface area contributed by atoms with E-state index in [2.05, 4.69) is 17.6 Å². The second-order valence-electron chi connectivity index (χ2n) is 5.69. The lowest BCUT2D eigenvalue weighted by molar-refractivity contribution is 0.0247. The molecule has 3 N–H and O–H groups in total. The number of hydrogen-bond donors (Lipinski definition) is 3. The summed E-state index contributed by atoms with van der Waals surface area (Å²) in [5.41, 5.74) is -0.631. The zero-order valence-electron chi connectivity index (χ0n) is 10.9. The molecule has 2 saturated heterocycles. The van der Waals surface area contributed by atoms with E-state index < -0.39 is 5.60 Å². The molecule has 0 aromatic carbocycles. The van der Waals surface area contributed by atoms with Crippen molar-refractivity contribution in [3.05, 3.63) is 0 Å². The summed E-state index contributed by atoms with van der Waals surface area (Å²) in [5, 5.41) is 17.1. The Hall–Kier alpha value is -0.160. The van der Waals surface area contributed by atoms with E-state index in [1.807, 2.05) is 0 Å². The molecule has 2 rings (SSSR count). The lowest BCUT2D eigenvalue weighted by Gasteiger charge is -2.28. The molecule has 3 atom stereocenters. The Kier molecular flexibility index (Phi) is 4.79. The molecule has 0 amide bonds. The number of piperidine rings is 1. The molecule has 0 aromatic heterocycles. The molecule has 0 spiro atoms. The van der Waals surface area contributed by atoms with Crippen molar-refractivity contribution in [1.29, 1.82) is 0 Å². The van der Waals surface area contributed by atoms with Crippen LogP contribution in [0, 0.1) is 0 Å². The molecule has 2 heterocycles. The second-order valence-corrected chi connectivity index (χ2v) is 5.69. The van der Waals surface area contributed by atoms with Gasteiger partial charge in [-0.15, -0.1) is 0 Å². The van der Waals surface area contributed by atoms with Gasteiger partial charge < -0.3 is 20.5 Å². The van der Waals surface area contributed by atoms with E-state index in [4.69, 9.17) is 4.74 Å². The van der Waals surface area contributed by atoms with E-state index in [9.17, 15) is 5.11 Å². The minimum atomic E-state index is -0.631. The Bertz CT molecular complexity index is 223. The third-order valence-corrected chi connectivity index (χ3v) is 3.91. The maximum Gasteiger partial charge on any atom is 0.102 e. The molecule has 0 aromatic rings. The van der Waals surface area contributed by atoms with Gasteiger partial charge in [0.15, 0.2) is 0 Å². The number of hydrogen-bond acceptors (Lipinski definition) is 4. The molecule has 2 aliphatic rings. The largest absolute Gasteiger partial charge is 0.386 e. The predicted molar refractivity (Wildman–Crippen MR) is 68.1 cm³/mol. The molecule has 0 radical (unpaired) electrons. The summed E-state index contributed by atoms with van der Waals surface area (Å²) in [5.74, 6) is 0. The summed E-state index contributed by atoms with van der Waals surface area (Å²) in [6.45, 7) is 5.19. The van der Waals surface area contributed by atoms with E-state index in [1.54, 1.807) is 0 Å². The van der Waals surface area contributed by atoms with Crippen LogP contribution in [0.5, 0.6) is 0 Å². The number of aliphatic hydroxyl groups is 1. The van der Waals surface area contributed by atoms with Gasteiger partial charge in [-0.2, -0.15) is 0 Å². The van der Waals surface area contributed by atoms with Crippen molar-refractivity contribution in [2.24, 2.45) is 0 Å². The molecule has 4 nitrogen and oxygen atoms in total. The van der Waals surface area contributed by atoms with Gasteiger partial charge in [0.2, 0.25) is 0 Å². The maximum absolute atomic E-state index is 10.1. The fourth-order valence-electron chi connectivity index (χ4n) is 2.74. The highest BCUT2D eigenvalue weighted by Gasteiger charge is 2.32. The average molecular weight is 242 g/mol. The van der Waals surface area contributed by atoms with Crippen LogP contribution in [0.1, 0.15) is 39.0 Å². The van der Waals surface area contributed by atoms with Gasteiger partial charge in [-0.3, -0.25) is 0 Å². The first-order valence-corrected chi connectivity index (χ1v) is 6.95. The first-order valence-electron chi connectivity index (χ1n) is 6.95. The summed E-state index contributed by atoms with van der Waals surface area (Å²) in [6, 6.07) is 1.11. The van der Waals surface area contributed by atoms with Crippen LogP contribution < -0.4 is 10.6 Å². The van der Waals surface area contributed by atoms with Crippen LogP contribution >= 0.6 is 0 Å². The quantitative estimate of drug-likeness (QED) is 0.662. The Morgan fingerprint density at radius 3 is 3.06 bits per heavy atom. The van der Waals surface area contributed by atoms with Crippen molar-refractivity contribution in [1.82, 2.24) is 10.6 Å². The molecule has 0 bridgehead atoms. The van der Waals surface area contributed by atoms with Crippen molar-refractivity contribution >= 4 is 0 Å². The van der Waals surface area contributed by atoms with Crippen molar-refractivity contribution < 1.29 is 9.84 Å². The SMILES string of the molecule is CC(CC1CCCCN1)NCC1(O)CCOC1. The van der Waals surface area contributed by atoms with E-state index in [0.29, 0.717) is 31.8 Å². The molecule has 0 saturated carbocycles. The Morgan fingerprint density at radius 1 is 1.53 bits per heavy atom. The minimum Gasteiger partial charge on any atom is -0.386 e. The number of nitrogens with one attached hydrogen (secondary N) is 2. The lowest BCUT2D eigenvalue weighted by atomic mass is 9.98. The fraction of sp³-hybridized carbons (Fsp3) is 1.00. The van der Waals surface area contributed by atoms with E-state index in [0.717, 1.165) is 19.4 Å². The van der Waals surface area contributed by atoms with Gasteiger partial charge in [-0.05, 0) is 32.7 Å². The Morgan fingerprint density at radius 2 is 2.41 bits per heavy atom. The maximum atomic E-state index is 10.1. The molecule has 2 fully saturated rings. The van der Waals surface area contributed by atoms with Gasteiger partial charge in [0.25, 0.3) is 0 Å². The highest BCUT2D eigenvalue weighted by atomic mass is 16.5. The van der Waals surface area contributed by atoms with Crippen LogP contribution in [0.25, 0.3) is 0 Å². The van der Waals surface area contributed by atoms with Crippen LogP contribution in [-0.4, -0.2) is 49.1 Å². The smallest absolute Gasteiger partial charge is 0.102 e. The van der Waals surface area contributed by atoms with Crippen LogP contribution in [-0.2, 0) is 4.74 Å². The summed E-state index contributed by atoms with van der Waals surface area (Å²) in [4.78, 5) is 0. The van der Waals surface area contributed by atoms with Crippen molar-refractivity contribution in [3.8, 4) is 0 Å². The Balaban J connectivity index is 1.64. The van der Waals surface area contributed by atoms with Crippen LogP contribution in [0.2, 0.25) is 0 Å². The topological polar surface area (TPSA) is 53.5 Å². The summed E-state index contributed by atoms with van der Waals surface area (Å²) in [7, 11) is 0. The molecule has 100 valence electrons. The highest BCUT2D eigenvalue weighted by molar-refractivity contribution is 4.86. The average Bonchev–Trinajstić information content (AvgIpc) is 2.76. The summed E-state index contributed by atoms with van der Waals surface area (Å²) >= 11 is 0. The molecular weight excluding hydrogens is 216 g/mol. The van der Waals surface area contributed by atoms with Gasteiger partial charge in [-0.1, -0.05) is 6.42 Å². The van der Waals surface area contributed by atoms with Crippen LogP contribution in [0.15, 0.2) is 0 Å². The van der Waals surface area contributed by atoms with Gasteiger partial charge in [0.1, 0.15) is 5.60 Å². The molecule has 17 heavy (non-hydrogen) atoms. The Labute approximate surface area is 104 Å². The standard InChI is InChI=1S/C13H26N2O2/c1-11(8-12-4-2-3-6-14-12)15-9-13(16)5-7-17-10-13/h11-12,14-16H,2-10H2,1H3. The monoisotopic (exact) mass is 242 g/mol. The first kappa shape index (κ1) is 13.3. The van der Waals surface area contributed by atoms with E-state index in [1.165, 1.54) is 19.3 Å². The van der Waals surface area contributed by atoms with Crippen molar-refractivity contribution in [3.63, 3.8) is 0 Å². The summed E-state index contributed by atoms with van der Waals surface area (Å²) < 4.78 is 5.24. The molecule has 2 aliphatic heterocycles. The molecule has 4 heteroatoms. The van der Waals surface area contributed by atoms with Gasteiger partial charge in [0.05, 0.1) is 6.61 Å². The van der Waals surface area contributed by atoms with Gasteiger partial charge in [-0.25, -0.2) is 0 Å². The number of rotatable bonds is 5. The molecule has 0 aliphatic carbocycles. The fourth-order valence-corrected chi connectivity index (χ4v) is 2.74. The van der Waals surface area contributed by atoms with Crippen molar-refractivity contribution in [2.75, 3.05) is 26.3 Å². The van der Waals surface area contributed by atoms with Crippen LogP contribution in [0.4, 0.5) is 0 Å². The van der Waals surface area contributed by atoms with Crippen LogP contribution in [0.3, 0.4) is 0 Å². The lowest BCUT2D eigenvalue weighted by Crippen LogP contribution is -2.46. The third kappa shape index (κ3) is 4.21. The minimum absolute atomic E-state index is 0.454. The van der Waals surface area contributed by atoms with E-state index in [-0.39, 0.29) is 0 Å². The predicted octanol–water partition coefficient (Wildman–Crippen LogP) is 0.648. The highest BCUT2D eigenvalue weighted by Crippen LogP contribution is 2.18. The third-order valence-electron chi connectivity index (χ3n) is 3.91. The zero-order valence-corrected chi connectivity index (χ0v) is 10.9. The molecular formula is C13H26N2O2. The van der Waals surface area contributed by atoms with Gasteiger partial charge >= 0.3 is 0 Å². The van der Waals surface area contributed by atoms with Gasteiger partial charge in [0, 0.05) is 31.7 Å². The summed E-state index contributed by atoms with van der Waals surface area (Å²) in [6.07, 6.45) is 5.86. The second kappa shape index (κ2) is 6.14. The van der Waals surface area contributed by atoms with Crippen molar-refractivity contribution in [2.45, 2.75) is 56.7 Å². The van der Waals surface area contributed by atoms with E-state index >= 15 is 0 Å². The zero-order chi connectivity index (χ0) is 12.1. The normalized spacial score (nSPS) is 36.0.